The SMILES string of the molecule is C=CCN1C(=O)c2ccc(C(=O)NC(c3ccccc3)c3ccccc3)cc2C1=O. The maximum Gasteiger partial charge on any atom is 0.261 e. The topological polar surface area (TPSA) is 66.5 Å². The number of rotatable bonds is 6. The maximum atomic E-state index is 13.1. The molecule has 3 amide bonds. The van der Waals surface area contributed by atoms with Crippen LogP contribution in [-0.4, -0.2) is 29.2 Å². The van der Waals surface area contributed by atoms with E-state index in [1.807, 2.05) is 60.7 Å². The predicted molar refractivity (Wildman–Crippen MR) is 114 cm³/mol. The summed E-state index contributed by atoms with van der Waals surface area (Å²) in [6.45, 7) is 3.72. The summed E-state index contributed by atoms with van der Waals surface area (Å²) in [5, 5.41) is 3.05. The van der Waals surface area contributed by atoms with Crippen molar-refractivity contribution in [1.29, 1.82) is 0 Å². The highest BCUT2D eigenvalue weighted by atomic mass is 16.2. The van der Waals surface area contributed by atoms with E-state index in [-0.39, 0.29) is 30.0 Å². The number of imide groups is 1. The Morgan fingerprint density at radius 3 is 2.00 bits per heavy atom. The van der Waals surface area contributed by atoms with E-state index in [1.54, 1.807) is 6.07 Å². The largest absolute Gasteiger partial charge is 0.341 e. The van der Waals surface area contributed by atoms with Gasteiger partial charge in [0.1, 0.15) is 0 Å². The number of carbonyl (C=O) groups excluding carboxylic acids is 3. The smallest absolute Gasteiger partial charge is 0.261 e. The van der Waals surface area contributed by atoms with Gasteiger partial charge in [-0.1, -0.05) is 66.7 Å². The zero-order valence-electron chi connectivity index (χ0n) is 16.2. The van der Waals surface area contributed by atoms with Gasteiger partial charge in [-0.3, -0.25) is 19.3 Å². The van der Waals surface area contributed by atoms with Gasteiger partial charge in [-0.2, -0.15) is 0 Å². The van der Waals surface area contributed by atoms with Gasteiger partial charge in [-0.25, -0.2) is 0 Å². The van der Waals surface area contributed by atoms with Crippen molar-refractivity contribution in [2.24, 2.45) is 0 Å². The molecule has 0 radical (unpaired) electrons. The van der Waals surface area contributed by atoms with Crippen LogP contribution in [0.1, 0.15) is 48.2 Å². The molecule has 148 valence electrons. The highest BCUT2D eigenvalue weighted by Crippen LogP contribution is 2.26. The van der Waals surface area contributed by atoms with Crippen molar-refractivity contribution in [1.82, 2.24) is 10.2 Å². The molecule has 4 rings (SSSR count). The first kappa shape index (κ1) is 19.3. The number of hydrogen-bond acceptors (Lipinski definition) is 3. The van der Waals surface area contributed by atoms with E-state index < -0.39 is 5.91 Å². The summed E-state index contributed by atoms with van der Waals surface area (Å²) in [5.74, 6) is -1.10. The average Bonchev–Trinajstić information content (AvgIpc) is 3.03. The maximum absolute atomic E-state index is 13.1. The standard InChI is InChI=1S/C25H20N2O3/c1-2-15-27-24(29)20-14-13-19(16-21(20)25(27)30)23(28)26-22(17-9-5-3-6-10-17)18-11-7-4-8-12-18/h2-14,16,22H,1,15H2,(H,26,28). The van der Waals surface area contributed by atoms with Crippen LogP contribution < -0.4 is 5.32 Å². The molecule has 0 aromatic heterocycles. The van der Waals surface area contributed by atoms with Crippen LogP contribution in [0, 0.1) is 0 Å². The Morgan fingerprint density at radius 2 is 1.43 bits per heavy atom. The fourth-order valence-electron chi connectivity index (χ4n) is 3.59. The minimum Gasteiger partial charge on any atom is -0.341 e. The predicted octanol–water partition coefficient (Wildman–Crippen LogP) is 3.99. The molecule has 0 atom stereocenters. The van der Waals surface area contributed by atoms with Crippen LogP contribution in [0.15, 0.2) is 91.5 Å². The highest BCUT2D eigenvalue weighted by molar-refractivity contribution is 6.22. The van der Waals surface area contributed by atoms with Gasteiger partial charge < -0.3 is 5.32 Å². The molecule has 0 saturated carbocycles. The minimum atomic E-state index is -0.410. The van der Waals surface area contributed by atoms with Crippen molar-refractivity contribution < 1.29 is 14.4 Å². The number of fused-ring (bicyclic) bond motifs is 1. The van der Waals surface area contributed by atoms with Gasteiger partial charge in [0.05, 0.1) is 17.2 Å². The molecule has 0 saturated heterocycles. The van der Waals surface area contributed by atoms with E-state index in [2.05, 4.69) is 11.9 Å². The van der Waals surface area contributed by atoms with Crippen molar-refractivity contribution in [2.75, 3.05) is 6.54 Å². The summed E-state index contributed by atoms with van der Waals surface area (Å²) < 4.78 is 0. The average molecular weight is 396 g/mol. The van der Waals surface area contributed by atoms with Crippen LogP contribution in [0.2, 0.25) is 0 Å². The lowest BCUT2D eigenvalue weighted by molar-refractivity contribution is 0.0672. The molecular formula is C25H20N2O3. The molecule has 5 heteroatoms. The van der Waals surface area contributed by atoms with Crippen molar-refractivity contribution >= 4 is 17.7 Å². The summed E-state index contributed by atoms with van der Waals surface area (Å²) in [6.07, 6.45) is 1.50. The Hall–Kier alpha value is -3.99. The van der Waals surface area contributed by atoms with Gasteiger partial charge in [0.25, 0.3) is 17.7 Å². The second kappa shape index (κ2) is 8.17. The monoisotopic (exact) mass is 396 g/mol. The highest BCUT2D eigenvalue weighted by Gasteiger charge is 2.35. The molecule has 30 heavy (non-hydrogen) atoms. The lowest BCUT2D eigenvalue weighted by Crippen LogP contribution is -2.30. The van der Waals surface area contributed by atoms with Gasteiger partial charge in [0.2, 0.25) is 0 Å². The van der Waals surface area contributed by atoms with Gasteiger partial charge in [-0.15, -0.1) is 6.58 Å². The van der Waals surface area contributed by atoms with Crippen LogP contribution in [0.25, 0.3) is 0 Å². The lowest BCUT2D eigenvalue weighted by Gasteiger charge is -2.20. The lowest BCUT2D eigenvalue weighted by atomic mass is 9.98. The summed E-state index contributed by atoms with van der Waals surface area (Å²) >= 11 is 0. The second-order valence-electron chi connectivity index (χ2n) is 7.00. The third-order valence-corrected chi connectivity index (χ3v) is 5.09. The normalized spacial score (nSPS) is 12.8. The molecule has 1 heterocycles. The first-order chi connectivity index (χ1) is 14.6. The zero-order valence-corrected chi connectivity index (χ0v) is 16.2. The van der Waals surface area contributed by atoms with Crippen LogP contribution in [0.5, 0.6) is 0 Å². The fourth-order valence-corrected chi connectivity index (χ4v) is 3.59. The summed E-state index contributed by atoms with van der Waals surface area (Å²) in [6, 6.07) is 23.6. The minimum absolute atomic E-state index is 0.137. The Labute approximate surface area is 174 Å². The third kappa shape index (κ3) is 3.53. The molecule has 0 fully saturated rings. The Kier molecular flexibility index (Phi) is 5.26. The summed E-state index contributed by atoms with van der Waals surface area (Å²) in [4.78, 5) is 39.1. The first-order valence-corrected chi connectivity index (χ1v) is 9.62. The Balaban J connectivity index is 1.64. The fraction of sp³-hybridized carbons (Fsp3) is 0.0800. The van der Waals surface area contributed by atoms with Crippen molar-refractivity contribution in [2.45, 2.75) is 6.04 Å². The molecule has 0 aliphatic carbocycles. The van der Waals surface area contributed by atoms with Crippen LogP contribution >= 0.6 is 0 Å². The quantitative estimate of drug-likeness (QED) is 0.506. The van der Waals surface area contributed by atoms with Gasteiger partial charge in [-0.05, 0) is 29.3 Å². The number of hydrogen-bond donors (Lipinski definition) is 1. The van der Waals surface area contributed by atoms with Gasteiger partial charge in [0.15, 0.2) is 0 Å². The van der Waals surface area contributed by atoms with Crippen LogP contribution in [0.4, 0.5) is 0 Å². The van der Waals surface area contributed by atoms with E-state index in [0.717, 1.165) is 16.0 Å². The Bertz CT molecular complexity index is 1080. The summed E-state index contributed by atoms with van der Waals surface area (Å²) in [7, 11) is 0. The van der Waals surface area contributed by atoms with E-state index >= 15 is 0 Å². The van der Waals surface area contributed by atoms with Crippen molar-refractivity contribution in [3.05, 3.63) is 119 Å². The Morgan fingerprint density at radius 1 is 0.867 bits per heavy atom. The van der Waals surface area contributed by atoms with Gasteiger partial charge in [0, 0.05) is 12.1 Å². The number of benzene rings is 3. The molecule has 1 N–H and O–H groups in total. The van der Waals surface area contributed by atoms with Crippen molar-refractivity contribution in [3.63, 3.8) is 0 Å². The third-order valence-electron chi connectivity index (χ3n) is 5.09. The number of amides is 3. The molecule has 1 aliphatic heterocycles. The number of nitrogens with zero attached hydrogens (tertiary/aromatic N) is 1. The first-order valence-electron chi connectivity index (χ1n) is 9.62. The molecule has 0 unspecified atom stereocenters. The van der Waals surface area contributed by atoms with E-state index in [9.17, 15) is 14.4 Å². The van der Waals surface area contributed by atoms with Gasteiger partial charge >= 0.3 is 0 Å². The van der Waals surface area contributed by atoms with Crippen LogP contribution in [-0.2, 0) is 0 Å². The van der Waals surface area contributed by atoms with Crippen LogP contribution in [0.3, 0.4) is 0 Å². The van der Waals surface area contributed by atoms with E-state index in [0.29, 0.717) is 11.1 Å². The summed E-state index contributed by atoms with van der Waals surface area (Å²) in [5.41, 5.74) is 2.77. The van der Waals surface area contributed by atoms with E-state index in [1.165, 1.54) is 18.2 Å². The molecule has 1 aliphatic rings. The number of carbonyl (C=O) groups is 3. The van der Waals surface area contributed by atoms with E-state index in [4.69, 9.17) is 0 Å². The molecule has 3 aromatic rings. The number of nitrogens with one attached hydrogen (secondary N) is 1. The second-order valence-corrected chi connectivity index (χ2v) is 7.00. The molecule has 3 aromatic carbocycles. The van der Waals surface area contributed by atoms with Crippen molar-refractivity contribution in [3.8, 4) is 0 Å². The molecule has 0 spiro atoms. The molecular weight excluding hydrogens is 376 g/mol. The molecule has 0 bridgehead atoms. The molecule has 5 nitrogen and oxygen atoms in total. The zero-order chi connectivity index (χ0) is 21.1.